The minimum atomic E-state index is -3.35. The maximum absolute atomic E-state index is 11.0. The monoisotopic (exact) mass is 221 g/mol. The number of piperidine rings is 1. The lowest BCUT2D eigenvalue weighted by molar-refractivity contribution is -0.108. The Hall–Kier alpha value is -0.130. The average molecular weight is 221 g/mol. The highest BCUT2D eigenvalue weighted by atomic mass is 32.2. The number of hydrogen-bond acceptors (Lipinski definition) is 4. The molecule has 1 saturated heterocycles. The molecule has 0 bridgehead atoms. The van der Waals surface area contributed by atoms with Crippen molar-refractivity contribution in [1.82, 2.24) is 5.06 Å². The molecule has 0 aromatic carbocycles. The molecule has 1 rings (SSSR count). The minimum Gasteiger partial charge on any atom is -0.198 e. The fourth-order valence-electron chi connectivity index (χ4n) is 1.87. The summed E-state index contributed by atoms with van der Waals surface area (Å²) in [5, 5.41) is 1.64. The summed E-state index contributed by atoms with van der Waals surface area (Å²) in [7, 11) is -3.35. The SMILES string of the molecule is CCCC1CCCCN1OS(C)(=O)=O. The van der Waals surface area contributed by atoms with Crippen LogP contribution in [0.15, 0.2) is 0 Å². The number of hydrogen-bond donors (Lipinski definition) is 0. The molecule has 1 aliphatic heterocycles. The smallest absolute Gasteiger partial charge is 0.198 e. The molecule has 1 unspecified atom stereocenters. The van der Waals surface area contributed by atoms with Crippen molar-refractivity contribution < 1.29 is 12.7 Å². The van der Waals surface area contributed by atoms with Gasteiger partial charge in [-0.05, 0) is 19.3 Å². The minimum absolute atomic E-state index is 0.281. The second kappa shape index (κ2) is 5.09. The average Bonchev–Trinajstić information content (AvgIpc) is 2.06. The van der Waals surface area contributed by atoms with Gasteiger partial charge >= 0.3 is 0 Å². The third-order valence-electron chi connectivity index (χ3n) is 2.43. The molecule has 1 atom stereocenters. The Bertz CT molecular complexity index is 261. The van der Waals surface area contributed by atoms with Gasteiger partial charge in [-0.3, -0.25) is 0 Å². The molecule has 0 saturated carbocycles. The van der Waals surface area contributed by atoms with Gasteiger partial charge in [-0.2, -0.15) is 17.8 Å². The molecule has 0 aromatic heterocycles. The van der Waals surface area contributed by atoms with Crippen LogP contribution in [0.25, 0.3) is 0 Å². The van der Waals surface area contributed by atoms with Crippen molar-refractivity contribution in [3.63, 3.8) is 0 Å². The van der Waals surface area contributed by atoms with Crippen molar-refractivity contribution in [3.8, 4) is 0 Å². The van der Waals surface area contributed by atoms with Gasteiger partial charge in [0, 0.05) is 12.6 Å². The quantitative estimate of drug-likeness (QED) is 0.722. The van der Waals surface area contributed by atoms with E-state index in [1.807, 2.05) is 0 Å². The van der Waals surface area contributed by atoms with Crippen molar-refractivity contribution >= 4 is 10.1 Å². The summed E-state index contributed by atoms with van der Waals surface area (Å²) in [6, 6.07) is 0.281. The van der Waals surface area contributed by atoms with E-state index in [1.165, 1.54) is 6.42 Å². The highest BCUT2D eigenvalue weighted by molar-refractivity contribution is 7.85. The van der Waals surface area contributed by atoms with E-state index in [0.717, 1.165) is 38.5 Å². The fourth-order valence-corrected chi connectivity index (χ4v) is 2.41. The maximum atomic E-state index is 11.0. The van der Waals surface area contributed by atoms with Crippen LogP contribution in [0, 0.1) is 0 Å². The van der Waals surface area contributed by atoms with Gasteiger partial charge in [-0.25, -0.2) is 0 Å². The molecule has 0 amide bonds. The van der Waals surface area contributed by atoms with Crippen LogP contribution in [-0.4, -0.2) is 32.3 Å². The van der Waals surface area contributed by atoms with Gasteiger partial charge < -0.3 is 0 Å². The molecule has 0 N–H and O–H groups in total. The summed E-state index contributed by atoms with van der Waals surface area (Å²) in [6.45, 7) is 2.84. The van der Waals surface area contributed by atoms with E-state index in [2.05, 4.69) is 6.92 Å². The zero-order valence-electron chi connectivity index (χ0n) is 8.90. The highest BCUT2D eigenvalue weighted by Crippen LogP contribution is 2.21. The molecule has 4 nitrogen and oxygen atoms in total. The molecule has 5 heteroatoms. The van der Waals surface area contributed by atoms with E-state index in [0.29, 0.717) is 0 Å². The highest BCUT2D eigenvalue weighted by Gasteiger charge is 2.25. The van der Waals surface area contributed by atoms with Crippen LogP contribution in [0.2, 0.25) is 0 Å². The summed E-state index contributed by atoms with van der Waals surface area (Å²) in [5.74, 6) is 0. The molecular formula is C9H19NO3S. The predicted molar refractivity (Wildman–Crippen MR) is 55.2 cm³/mol. The Morgan fingerprint density at radius 2 is 2.14 bits per heavy atom. The van der Waals surface area contributed by atoms with Crippen molar-refractivity contribution in [2.45, 2.75) is 45.1 Å². The lowest BCUT2D eigenvalue weighted by Gasteiger charge is -2.33. The first kappa shape index (κ1) is 11.9. The number of rotatable bonds is 4. The normalized spacial score (nSPS) is 25.1. The molecule has 84 valence electrons. The zero-order chi connectivity index (χ0) is 10.6. The number of nitrogens with zero attached hydrogens (tertiary/aromatic N) is 1. The lowest BCUT2D eigenvalue weighted by Crippen LogP contribution is -2.40. The maximum Gasteiger partial charge on any atom is 0.280 e. The Morgan fingerprint density at radius 3 is 2.71 bits per heavy atom. The molecular weight excluding hydrogens is 202 g/mol. The molecule has 1 aliphatic rings. The van der Waals surface area contributed by atoms with Gasteiger partial charge in [0.2, 0.25) is 0 Å². The fraction of sp³-hybridized carbons (Fsp3) is 1.00. The summed E-state index contributed by atoms with van der Waals surface area (Å²) in [5.41, 5.74) is 0. The van der Waals surface area contributed by atoms with Crippen molar-refractivity contribution in [2.75, 3.05) is 12.8 Å². The van der Waals surface area contributed by atoms with Crippen LogP contribution >= 0.6 is 0 Å². The van der Waals surface area contributed by atoms with Gasteiger partial charge in [0.05, 0.1) is 6.26 Å². The third kappa shape index (κ3) is 3.94. The topological polar surface area (TPSA) is 46.6 Å². The Balaban J connectivity index is 2.54. The largest absolute Gasteiger partial charge is 0.280 e. The molecule has 0 radical (unpaired) electrons. The van der Waals surface area contributed by atoms with Gasteiger partial charge in [0.1, 0.15) is 0 Å². The molecule has 0 aliphatic carbocycles. The van der Waals surface area contributed by atoms with Gasteiger partial charge in [0.25, 0.3) is 10.1 Å². The molecule has 0 aromatic rings. The first-order valence-electron chi connectivity index (χ1n) is 5.19. The second-order valence-corrected chi connectivity index (χ2v) is 5.41. The second-order valence-electron chi connectivity index (χ2n) is 3.86. The van der Waals surface area contributed by atoms with Gasteiger partial charge in [0.15, 0.2) is 0 Å². The zero-order valence-corrected chi connectivity index (χ0v) is 9.72. The van der Waals surface area contributed by atoms with E-state index in [-0.39, 0.29) is 6.04 Å². The summed E-state index contributed by atoms with van der Waals surface area (Å²) >= 11 is 0. The van der Waals surface area contributed by atoms with Crippen molar-refractivity contribution in [1.29, 1.82) is 0 Å². The van der Waals surface area contributed by atoms with Gasteiger partial charge in [-0.15, -0.1) is 0 Å². The van der Waals surface area contributed by atoms with Crippen LogP contribution in [0.4, 0.5) is 0 Å². The first-order valence-corrected chi connectivity index (χ1v) is 7.01. The number of hydroxylamine groups is 2. The summed E-state index contributed by atoms with van der Waals surface area (Å²) in [4.78, 5) is 0. The molecule has 14 heavy (non-hydrogen) atoms. The van der Waals surface area contributed by atoms with E-state index >= 15 is 0 Å². The van der Waals surface area contributed by atoms with E-state index in [1.54, 1.807) is 5.06 Å². The Kier molecular flexibility index (Phi) is 4.34. The van der Waals surface area contributed by atoms with Crippen LogP contribution in [0.3, 0.4) is 0 Å². The molecule has 0 spiro atoms. The van der Waals surface area contributed by atoms with Crippen LogP contribution in [0.1, 0.15) is 39.0 Å². The molecule has 1 fully saturated rings. The van der Waals surface area contributed by atoms with E-state index in [4.69, 9.17) is 4.28 Å². The van der Waals surface area contributed by atoms with Crippen molar-refractivity contribution in [3.05, 3.63) is 0 Å². The van der Waals surface area contributed by atoms with Crippen LogP contribution in [0.5, 0.6) is 0 Å². The standard InChI is InChI=1S/C9H19NO3S/c1-3-6-9-7-4-5-8-10(9)13-14(2,11)12/h9H,3-8H2,1-2H3. The lowest BCUT2D eigenvalue weighted by atomic mass is 10.0. The van der Waals surface area contributed by atoms with E-state index in [9.17, 15) is 8.42 Å². The van der Waals surface area contributed by atoms with Crippen LogP contribution in [-0.2, 0) is 14.4 Å². The first-order chi connectivity index (χ1) is 6.53. The predicted octanol–water partition coefficient (Wildman–Crippen LogP) is 1.53. The van der Waals surface area contributed by atoms with E-state index < -0.39 is 10.1 Å². The Labute approximate surface area is 86.3 Å². The van der Waals surface area contributed by atoms with Crippen LogP contribution < -0.4 is 0 Å². The molecule has 1 heterocycles. The van der Waals surface area contributed by atoms with Crippen molar-refractivity contribution in [2.24, 2.45) is 0 Å². The third-order valence-corrected chi connectivity index (χ3v) is 2.89. The Morgan fingerprint density at radius 1 is 1.43 bits per heavy atom. The summed E-state index contributed by atoms with van der Waals surface area (Å²) < 4.78 is 26.9. The van der Waals surface area contributed by atoms with Gasteiger partial charge in [-0.1, -0.05) is 19.8 Å². The summed E-state index contributed by atoms with van der Waals surface area (Å²) in [6.07, 6.45) is 6.42.